The summed E-state index contributed by atoms with van der Waals surface area (Å²) < 4.78 is 19.9. The van der Waals surface area contributed by atoms with Gasteiger partial charge in [0.2, 0.25) is 11.7 Å². The number of carbonyl (C=O) groups is 1. The Balaban J connectivity index is 3.09. The SMILES string of the molecule is COc1cc(NC(=O)CC(OC)OC)c(OC)c([N+](=O)[O-])c1. The third-order valence-corrected chi connectivity index (χ3v) is 2.83. The zero-order chi connectivity index (χ0) is 16.7. The number of ether oxygens (including phenoxy) is 4. The van der Waals surface area contributed by atoms with E-state index in [2.05, 4.69) is 5.32 Å². The van der Waals surface area contributed by atoms with Gasteiger partial charge in [0.15, 0.2) is 6.29 Å². The molecule has 0 atom stereocenters. The molecule has 1 aromatic rings. The lowest BCUT2D eigenvalue weighted by molar-refractivity contribution is -0.385. The molecule has 1 rings (SSSR count). The van der Waals surface area contributed by atoms with E-state index in [0.29, 0.717) is 0 Å². The number of hydrogen-bond donors (Lipinski definition) is 1. The monoisotopic (exact) mass is 314 g/mol. The first-order chi connectivity index (χ1) is 10.5. The molecular weight excluding hydrogens is 296 g/mol. The molecule has 9 heteroatoms. The summed E-state index contributed by atoms with van der Waals surface area (Å²) in [7, 11) is 5.44. The van der Waals surface area contributed by atoms with E-state index in [9.17, 15) is 14.9 Å². The van der Waals surface area contributed by atoms with Gasteiger partial charge in [-0.25, -0.2) is 0 Å². The Kier molecular flexibility index (Phi) is 6.54. The number of nitro benzene ring substituents is 1. The molecule has 122 valence electrons. The highest BCUT2D eigenvalue weighted by Crippen LogP contribution is 2.39. The van der Waals surface area contributed by atoms with Crippen LogP contribution in [0.5, 0.6) is 11.5 Å². The number of rotatable bonds is 8. The third kappa shape index (κ3) is 4.30. The summed E-state index contributed by atoms with van der Waals surface area (Å²) in [6.07, 6.45) is -0.798. The molecule has 0 saturated carbocycles. The molecule has 0 unspecified atom stereocenters. The van der Waals surface area contributed by atoms with Crippen molar-refractivity contribution in [3.63, 3.8) is 0 Å². The fraction of sp³-hybridized carbons (Fsp3) is 0.462. The van der Waals surface area contributed by atoms with Gasteiger partial charge < -0.3 is 24.3 Å². The summed E-state index contributed by atoms with van der Waals surface area (Å²) >= 11 is 0. The maximum absolute atomic E-state index is 12.0. The first-order valence-electron chi connectivity index (χ1n) is 6.22. The molecule has 0 radical (unpaired) electrons. The molecule has 0 aliphatic carbocycles. The maximum atomic E-state index is 12.0. The summed E-state index contributed by atoms with van der Waals surface area (Å²) in [5, 5.41) is 13.6. The van der Waals surface area contributed by atoms with E-state index < -0.39 is 17.1 Å². The molecule has 0 fully saturated rings. The van der Waals surface area contributed by atoms with Crippen LogP contribution >= 0.6 is 0 Å². The number of nitrogens with zero attached hydrogens (tertiary/aromatic N) is 1. The summed E-state index contributed by atoms with van der Waals surface area (Å²) in [5.74, 6) is -0.294. The van der Waals surface area contributed by atoms with Crippen molar-refractivity contribution < 1.29 is 28.7 Å². The predicted octanol–water partition coefficient (Wildman–Crippen LogP) is 1.56. The van der Waals surface area contributed by atoms with E-state index >= 15 is 0 Å². The highest BCUT2D eigenvalue weighted by Gasteiger charge is 2.23. The highest BCUT2D eigenvalue weighted by atomic mass is 16.7. The van der Waals surface area contributed by atoms with Gasteiger partial charge in [-0.1, -0.05) is 0 Å². The first-order valence-corrected chi connectivity index (χ1v) is 6.22. The van der Waals surface area contributed by atoms with Crippen LogP contribution in [0.2, 0.25) is 0 Å². The van der Waals surface area contributed by atoms with Gasteiger partial charge in [-0.2, -0.15) is 0 Å². The molecule has 0 heterocycles. The van der Waals surface area contributed by atoms with Crippen LogP contribution in [0, 0.1) is 10.1 Å². The van der Waals surface area contributed by atoms with Gasteiger partial charge in [0, 0.05) is 20.3 Å². The van der Waals surface area contributed by atoms with Crippen molar-refractivity contribution in [2.75, 3.05) is 33.8 Å². The number of anilines is 1. The molecule has 0 aliphatic heterocycles. The normalized spacial score (nSPS) is 10.4. The van der Waals surface area contributed by atoms with Gasteiger partial charge >= 0.3 is 5.69 Å². The number of benzene rings is 1. The smallest absolute Gasteiger partial charge is 0.316 e. The molecule has 1 aromatic carbocycles. The van der Waals surface area contributed by atoms with Crippen LogP contribution in [-0.4, -0.2) is 45.6 Å². The third-order valence-electron chi connectivity index (χ3n) is 2.83. The maximum Gasteiger partial charge on any atom is 0.316 e. The summed E-state index contributed by atoms with van der Waals surface area (Å²) in [6, 6.07) is 2.64. The Hall–Kier alpha value is -2.39. The number of nitro groups is 1. The van der Waals surface area contributed by atoms with Crippen molar-refractivity contribution >= 4 is 17.3 Å². The van der Waals surface area contributed by atoms with Gasteiger partial charge in [0.1, 0.15) is 5.75 Å². The van der Waals surface area contributed by atoms with E-state index in [1.807, 2.05) is 0 Å². The number of carbonyl (C=O) groups excluding carboxylic acids is 1. The summed E-state index contributed by atoms with van der Waals surface area (Å²) in [6.45, 7) is 0. The minimum atomic E-state index is -0.716. The Bertz CT molecular complexity index is 543. The van der Waals surface area contributed by atoms with E-state index in [4.69, 9.17) is 18.9 Å². The molecule has 1 N–H and O–H groups in total. The van der Waals surface area contributed by atoms with Crippen molar-refractivity contribution in [3.8, 4) is 11.5 Å². The van der Waals surface area contributed by atoms with Crippen LogP contribution < -0.4 is 14.8 Å². The molecule has 9 nitrogen and oxygen atoms in total. The Morgan fingerprint density at radius 2 is 1.86 bits per heavy atom. The lowest BCUT2D eigenvalue weighted by Gasteiger charge is -2.15. The number of amides is 1. The Morgan fingerprint density at radius 3 is 2.32 bits per heavy atom. The minimum Gasteiger partial charge on any atom is -0.496 e. The van der Waals surface area contributed by atoms with Gasteiger partial charge in [0.05, 0.1) is 37.3 Å². The van der Waals surface area contributed by atoms with Crippen molar-refractivity contribution in [3.05, 3.63) is 22.2 Å². The first kappa shape index (κ1) is 17.7. The van der Waals surface area contributed by atoms with Crippen LogP contribution in [0.3, 0.4) is 0 Å². The molecule has 0 aliphatic rings. The van der Waals surface area contributed by atoms with Crippen LogP contribution in [-0.2, 0) is 14.3 Å². The minimum absolute atomic E-state index is 0.0643. The van der Waals surface area contributed by atoms with E-state index in [-0.39, 0.29) is 29.3 Å². The molecule has 1 amide bonds. The van der Waals surface area contributed by atoms with Gasteiger partial charge in [-0.3, -0.25) is 14.9 Å². The predicted molar refractivity (Wildman–Crippen MR) is 77.3 cm³/mol. The second-order valence-electron chi connectivity index (χ2n) is 4.14. The molecule has 0 bridgehead atoms. The summed E-state index contributed by atoms with van der Waals surface area (Å²) in [5.41, 5.74) is -0.184. The molecule has 0 aromatic heterocycles. The van der Waals surface area contributed by atoms with Gasteiger partial charge in [-0.15, -0.1) is 0 Å². The van der Waals surface area contributed by atoms with Crippen LogP contribution in [0.25, 0.3) is 0 Å². The lowest BCUT2D eigenvalue weighted by Crippen LogP contribution is -2.23. The Labute approximate surface area is 127 Å². The zero-order valence-corrected chi connectivity index (χ0v) is 12.7. The fourth-order valence-corrected chi connectivity index (χ4v) is 1.76. The van der Waals surface area contributed by atoms with Crippen molar-refractivity contribution in [1.29, 1.82) is 0 Å². The second-order valence-corrected chi connectivity index (χ2v) is 4.14. The number of nitrogens with one attached hydrogen (secondary N) is 1. The van der Waals surface area contributed by atoms with Gasteiger partial charge in [0.25, 0.3) is 0 Å². The average Bonchev–Trinajstić information content (AvgIpc) is 2.51. The molecular formula is C13H18N2O7. The molecule has 22 heavy (non-hydrogen) atoms. The number of methoxy groups -OCH3 is 4. The zero-order valence-electron chi connectivity index (χ0n) is 12.7. The van der Waals surface area contributed by atoms with Crippen LogP contribution in [0.4, 0.5) is 11.4 Å². The average molecular weight is 314 g/mol. The Morgan fingerprint density at radius 1 is 1.23 bits per heavy atom. The van der Waals surface area contributed by atoms with Crippen molar-refractivity contribution in [2.45, 2.75) is 12.7 Å². The molecule has 0 saturated heterocycles. The quantitative estimate of drug-likeness (QED) is 0.440. The van der Waals surface area contributed by atoms with Crippen molar-refractivity contribution in [1.82, 2.24) is 0 Å². The second kappa shape index (κ2) is 8.15. The van der Waals surface area contributed by atoms with Gasteiger partial charge in [-0.05, 0) is 0 Å². The fourth-order valence-electron chi connectivity index (χ4n) is 1.76. The number of hydrogen-bond acceptors (Lipinski definition) is 7. The van der Waals surface area contributed by atoms with E-state index in [0.717, 1.165) is 0 Å². The van der Waals surface area contributed by atoms with E-state index in [1.165, 1.54) is 40.6 Å². The topological polar surface area (TPSA) is 109 Å². The van der Waals surface area contributed by atoms with E-state index in [1.54, 1.807) is 0 Å². The largest absolute Gasteiger partial charge is 0.496 e. The standard InChI is InChI=1S/C13H18N2O7/c1-19-8-5-9(13(22-4)10(6-8)15(17)18)14-11(16)7-12(20-2)21-3/h5-6,12H,7H2,1-4H3,(H,14,16). The highest BCUT2D eigenvalue weighted by molar-refractivity contribution is 5.93. The van der Waals surface area contributed by atoms with Crippen LogP contribution in [0.1, 0.15) is 6.42 Å². The molecule has 0 spiro atoms. The van der Waals surface area contributed by atoms with Crippen LogP contribution in [0.15, 0.2) is 12.1 Å². The van der Waals surface area contributed by atoms with Crippen molar-refractivity contribution in [2.24, 2.45) is 0 Å². The summed E-state index contributed by atoms with van der Waals surface area (Å²) in [4.78, 5) is 22.4. The lowest BCUT2D eigenvalue weighted by atomic mass is 10.2.